The minimum atomic E-state index is -0.683. The van der Waals surface area contributed by atoms with Crippen molar-refractivity contribution in [1.29, 1.82) is 0 Å². The molecule has 1 fully saturated rings. The molecule has 0 spiro atoms. The summed E-state index contributed by atoms with van der Waals surface area (Å²) in [7, 11) is 1.59. The molecule has 30 heavy (non-hydrogen) atoms. The average molecular weight is 428 g/mol. The Kier molecular flexibility index (Phi) is 6.95. The summed E-state index contributed by atoms with van der Waals surface area (Å²) >= 11 is 5.95. The molecule has 2 aromatic carbocycles. The topological polar surface area (TPSA) is 66.8 Å². The van der Waals surface area contributed by atoms with Crippen LogP contribution in [0.15, 0.2) is 54.1 Å². The Morgan fingerprint density at radius 3 is 2.30 bits per heavy atom. The monoisotopic (exact) mass is 427 g/mol. The minimum absolute atomic E-state index is 0.0945. The Morgan fingerprint density at radius 1 is 1.10 bits per heavy atom. The van der Waals surface area contributed by atoms with Crippen LogP contribution in [0.3, 0.4) is 0 Å². The maximum absolute atomic E-state index is 12.9. The number of benzene rings is 2. The van der Waals surface area contributed by atoms with Crippen LogP contribution in [0, 0.1) is 0 Å². The largest absolute Gasteiger partial charge is 0.507 e. The third-order valence-corrected chi connectivity index (χ3v) is 5.58. The fourth-order valence-corrected chi connectivity index (χ4v) is 3.79. The van der Waals surface area contributed by atoms with Gasteiger partial charge in [-0.15, -0.1) is 0 Å². The van der Waals surface area contributed by atoms with Crippen molar-refractivity contribution in [2.45, 2.75) is 32.2 Å². The number of carbonyl (C=O) groups excluding carboxylic acids is 2. The van der Waals surface area contributed by atoms with Gasteiger partial charge in [-0.2, -0.15) is 0 Å². The van der Waals surface area contributed by atoms with Gasteiger partial charge in [-0.05, 0) is 47.7 Å². The van der Waals surface area contributed by atoms with Crippen molar-refractivity contribution in [3.05, 3.63) is 75.8 Å². The fraction of sp³-hybridized carbons (Fsp3) is 0.333. The van der Waals surface area contributed by atoms with Crippen molar-refractivity contribution >= 4 is 29.1 Å². The molecule has 1 saturated heterocycles. The molecule has 0 saturated carbocycles. The number of hydrogen-bond acceptors (Lipinski definition) is 4. The molecule has 1 heterocycles. The van der Waals surface area contributed by atoms with Crippen LogP contribution in [0.4, 0.5) is 0 Å². The van der Waals surface area contributed by atoms with Gasteiger partial charge in [0.25, 0.3) is 11.7 Å². The smallest absolute Gasteiger partial charge is 0.295 e. The van der Waals surface area contributed by atoms with E-state index in [1.807, 2.05) is 24.3 Å². The second-order valence-corrected chi connectivity index (χ2v) is 8.10. The number of methoxy groups -OCH3 is 1. The number of aliphatic hydroxyl groups excluding tert-OH is 1. The van der Waals surface area contributed by atoms with E-state index in [-0.39, 0.29) is 11.3 Å². The van der Waals surface area contributed by atoms with Crippen molar-refractivity contribution < 1.29 is 19.4 Å². The van der Waals surface area contributed by atoms with Gasteiger partial charge in [0.2, 0.25) is 0 Å². The number of hydrogen-bond donors (Lipinski definition) is 1. The Hall–Kier alpha value is -2.63. The van der Waals surface area contributed by atoms with E-state index in [2.05, 4.69) is 13.8 Å². The molecule has 1 atom stereocenters. The van der Waals surface area contributed by atoms with E-state index in [9.17, 15) is 14.7 Å². The molecule has 5 nitrogen and oxygen atoms in total. The van der Waals surface area contributed by atoms with Gasteiger partial charge in [-0.3, -0.25) is 9.59 Å². The standard InChI is InChI=1S/C24H26ClNO4/c1-15(2)16-5-7-17(8-6-16)21-20(22(27)18-9-11-19(25)12-10-18)23(28)24(29)26(21)13-4-14-30-3/h5-12,15,21,27H,4,13-14H2,1-3H3/t21-/m0/s1. The van der Waals surface area contributed by atoms with Crippen LogP contribution >= 0.6 is 11.6 Å². The van der Waals surface area contributed by atoms with E-state index >= 15 is 0 Å². The lowest BCUT2D eigenvalue weighted by Crippen LogP contribution is -2.31. The van der Waals surface area contributed by atoms with Crippen molar-refractivity contribution in [2.75, 3.05) is 20.3 Å². The summed E-state index contributed by atoms with van der Waals surface area (Å²) in [6, 6.07) is 13.7. The van der Waals surface area contributed by atoms with Crippen LogP contribution in [-0.2, 0) is 14.3 Å². The Balaban J connectivity index is 2.10. The highest BCUT2D eigenvalue weighted by atomic mass is 35.5. The molecule has 1 aliphatic rings. The molecule has 0 bridgehead atoms. The lowest BCUT2D eigenvalue weighted by atomic mass is 9.93. The van der Waals surface area contributed by atoms with E-state index in [4.69, 9.17) is 16.3 Å². The predicted molar refractivity (Wildman–Crippen MR) is 117 cm³/mol. The number of ether oxygens (including phenoxy) is 1. The molecule has 0 unspecified atom stereocenters. The molecule has 0 aromatic heterocycles. The molecule has 3 rings (SSSR count). The first-order valence-electron chi connectivity index (χ1n) is 9.98. The molecule has 1 amide bonds. The Bertz CT molecular complexity index is 948. The van der Waals surface area contributed by atoms with Crippen molar-refractivity contribution in [3.8, 4) is 0 Å². The number of halogens is 1. The summed E-state index contributed by atoms with van der Waals surface area (Å²) in [5, 5.41) is 11.5. The highest BCUT2D eigenvalue weighted by molar-refractivity contribution is 6.46. The van der Waals surface area contributed by atoms with Gasteiger partial charge >= 0.3 is 0 Å². The Labute approximate surface area is 181 Å². The van der Waals surface area contributed by atoms with Crippen LogP contribution in [0.5, 0.6) is 0 Å². The maximum atomic E-state index is 12.9. The second-order valence-electron chi connectivity index (χ2n) is 7.67. The van der Waals surface area contributed by atoms with Gasteiger partial charge in [0.1, 0.15) is 5.76 Å². The summed E-state index contributed by atoms with van der Waals surface area (Å²) in [6.07, 6.45) is 0.588. The Morgan fingerprint density at radius 2 is 1.73 bits per heavy atom. The van der Waals surface area contributed by atoms with Gasteiger partial charge in [0.05, 0.1) is 11.6 Å². The molecular weight excluding hydrogens is 402 g/mol. The van der Waals surface area contributed by atoms with Gasteiger partial charge in [0, 0.05) is 30.8 Å². The molecule has 0 aliphatic carbocycles. The second kappa shape index (κ2) is 9.45. The minimum Gasteiger partial charge on any atom is -0.507 e. The zero-order chi connectivity index (χ0) is 21.8. The number of Topliss-reactive ketones (excluding diaryl/α,β-unsaturated/α-hetero) is 1. The van der Waals surface area contributed by atoms with Crippen molar-refractivity contribution in [2.24, 2.45) is 0 Å². The number of nitrogens with zero attached hydrogens (tertiary/aromatic N) is 1. The predicted octanol–water partition coefficient (Wildman–Crippen LogP) is 4.92. The lowest BCUT2D eigenvalue weighted by Gasteiger charge is -2.25. The van der Waals surface area contributed by atoms with E-state index in [1.54, 1.807) is 31.4 Å². The van der Waals surface area contributed by atoms with Crippen LogP contribution < -0.4 is 0 Å². The van der Waals surface area contributed by atoms with Crippen LogP contribution in [0.2, 0.25) is 5.02 Å². The van der Waals surface area contributed by atoms with Gasteiger partial charge in [-0.1, -0.05) is 49.7 Å². The summed E-state index contributed by atoms with van der Waals surface area (Å²) in [5.74, 6) is -1.13. The van der Waals surface area contributed by atoms with Crippen molar-refractivity contribution in [1.82, 2.24) is 4.90 Å². The number of likely N-dealkylation sites (tertiary alicyclic amines) is 1. The van der Waals surface area contributed by atoms with E-state index in [0.717, 1.165) is 11.1 Å². The van der Waals surface area contributed by atoms with E-state index in [1.165, 1.54) is 4.90 Å². The third kappa shape index (κ3) is 4.42. The molecule has 1 N–H and O–H groups in total. The van der Waals surface area contributed by atoms with Crippen LogP contribution in [0.25, 0.3) is 5.76 Å². The third-order valence-electron chi connectivity index (χ3n) is 5.32. The summed E-state index contributed by atoms with van der Waals surface area (Å²) in [5.41, 5.74) is 2.48. The zero-order valence-corrected chi connectivity index (χ0v) is 18.1. The van der Waals surface area contributed by atoms with Crippen LogP contribution in [-0.4, -0.2) is 42.0 Å². The quantitative estimate of drug-likeness (QED) is 0.294. The van der Waals surface area contributed by atoms with Crippen molar-refractivity contribution in [3.63, 3.8) is 0 Å². The summed E-state index contributed by atoms with van der Waals surface area (Å²) in [6.45, 7) is 5.03. The average Bonchev–Trinajstić information content (AvgIpc) is 2.99. The number of rotatable bonds is 7. The maximum Gasteiger partial charge on any atom is 0.295 e. The highest BCUT2D eigenvalue weighted by Gasteiger charge is 2.45. The highest BCUT2D eigenvalue weighted by Crippen LogP contribution is 2.39. The van der Waals surface area contributed by atoms with Gasteiger partial charge in [-0.25, -0.2) is 0 Å². The van der Waals surface area contributed by atoms with E-state index in [0.29, 0.717) is 36.1 Å². The molecule has 1 aliphatic heterocycles. The van der Waals surface area contributed by atoms with Gasteiger partial charge in [0.15, 0.2) is 0 Å². The first-order chi connectivity index (χ1) is 14.3. The SMILES string of the molecule is COCCCN1C(=O)C(=O)C(=C(O)c2ccc(Cl)cc2)[C@@H]1c1ccc(C(C)C)cc1. The summed E-state index contributed by atoms with van der Waals surface area (Å²) in [4.78, 5) is 27.3. The number of amides is 1. The molecule has 6 heteroatoms. The zero-order valence-electron chi connectivity index (χ0n) is 17.4. The lowest BCUT2D eigenvalue weighted by molar-refractivity contribution is -0.140. The van der Waals surface area contributed by atoms with Gasteiger partial charge < -0.3 is 14.7 Å². The first-order valence-corrected chi connectivity index (χ1v) is 10.4. The normalized spacial score (nSPS) is 18.4. The van der Waals surface area contributed by atoms with Crippen LogP contribution in [0.1, 0.15) is 48.9 Å². The summed E-state index contributed by atoms with van der Waals surface area (Å²) < 4.78 is 5.10. The number of carbonyl (C=O) groups is 2. The fourth-order valence-electron chi connectivity index (χ4n) is 3.66. The molecule has 2 aromatic rings. The first kappa shape index (κ1) is 22.1. The molecular formula is C24H26ClNO4. The molecule has 0 radical (unpaired) electrons. The number of aliphatic hydroxyl groups is 1. The van der Waals surface area contributed by atoms with E-state index < -0.39 is 17.7 Å². The molecule has 158 valence electrons. The number of ketones is 1.